The maximum absolute atomic E-state index is 13.4. The Hall–Kier alpha value is -5.34. The van der Waals surface area contributed by atoms with Gasteiger partial charge in [0.2, 0.25) is 5.95 Å². The van der Waals surface area contributed by atoms with Gasteiger partial charge in [0, 0.05) is 0 Å². The number of nitrogens with two attached hydrogens (primary N) is 1. The van der Waals surface area contributed by atoms with Crippen LogP contribution in [0.1, 0.15) is 37.3 Å². The van der Waals surface area contributed by atoms with Crippen LogP contribution < -0.4 is 11.3 Å². The normalized spacial score (nSPS) is 19.2. The molecule has 1 aliphatic rings. The van der Waals surface area contributed by atoms with Crippen LogP contribution in [0.5, 0.6) is 0 Å². The Morgan fingerprint density at radius 2 is 1.33 bits per heavy atom. The van der Waals surface area contributed by atoms with E-state index >= 15 is 0 Å². The summed E-state index contributed by atoms with van der Waals surface area (Å²) in [6.07, 6.45) is -5.06. The van der Waals surface area contributed by atoms with Gasteiger partial charge in [-0.25, -0.2) is 19.1 Å². The smallest absolute Gasteiger partial charge is 0.338 e. The first-order chi connectivity index (χ1) is 21.8. The van der Waals surface area contributed by atoms with Crippen molar-refractivity contribution in [3.05, 3.63) is 123 Å². The Bertz CT molecular complexity index is 1920. The number of hydrogen-bond acceptors (Lipinski definition) is 11. The SMILES string of the molecule is Nc1nc2nn(C3OC(COC(=O)c4ccccc4)C(OC(=O)c4ccccc4)C3OC(=O)c3ccccc3)c(Br)c2c(=O)[nH]1. The van der Waals surface area contributed by atoms with Crippen LogP contribution in [-0.2, 0) is 18.9 Å². The standard InChI is InChI=1S/C31H24BrN5O8/c32-24-21-25(34-31(33)35-26(21)38)36-37(24)27-23(45-30(41)19-14-8-3-9-15-19)22(44-29(40)18-12-6-2-7-13-18)20(43-27)16-42-28(39)17-10-4-1-5-11-17/h1-15,20,22-23,27H,16H2,(H3,33,34,35,36,38). The molecule has 4 unspecified atom stereocenters. The fourth-order valence-corrected chi connectivity index (χ4v) is 5.46. The minimum absolute atomic E-state index is 0.0170. The predicted molar refractivity (Wildman–Crippen MR) is 162 cm³/mol. The molecule has 0 saturated carbocycles. The van der Waals surface area contributed by atoms with Crippen LogP contribution in [-0.4, -0.2) is 62.6 Å². The number of anilines is 1. The number of hydrogen-bond donors (Lipinski definition) is 2. The van der Waals surface area contributed by atoms with Gasteiger partial charge in [0.15, 0.2) is 24.1 Å². The molecule has 4 atom stereocenters. The monoisotopic (exact) mass is 673 g/mol. The number of H-pyrrole nitrogens is 1. The lowest BCUT2D eigenvalue weighted by Crippen LogP contribution is -2.41. The van der Waals surface area contributed by atoms with Crippen LogP contribution in [0, 0.1) is 0 Å². The van der Waals surface area contributed by atoms with Gasteiger partial charge >= 0.3 is 17.9 Å². The molecule has 13 nitrogen and oxygen atoms in total. The number of aromatic nitrogens is 4. The van der Waals surface area contributed by atoms with Crippen LogP contribution in [0.15, 0.2) is 100 Å². The summed E-state index contributed by atoms with van der Waals surface area (Å²) in [7, 11) is 0. The lowest BCUT2D eigenvalue weighted by atomic mass is 10.1. The molecule has 0 bridgehead atoms. The number of carbonyl (C=O) groups excluding carboxylic acids is 3. The average Bonchev–Trinajstić information content (AvgIpc) is 3.56. The van der Waals surface area contributed by atoms with Crippen LogP contribution >= 0.6 is 15.9 Å². The van der Waals surface area contributed by atoms with Gasteiger partial charge in [-0.05, 0) is 52.3 Å². The summed E-state index contributed by atoms with van der Waals surface area (Å²) in [6.45, 7) is -0.388. The third-order valence-electron chi connectivity index (χ3n) is 6.95. The zero-order chi connectivity index (χ0) is 31.5. The van der Waals surface area contributed by atoms with Gasteiger partial charge in [-0.3, -0.25) is 9.78 Å². The number of aromatic amines is 1. The summed E-state index contributed by atoms with van der Waals surface area (Å²) in [5, 5.41) is 4.44. The van der Waals surface area contributed by atoms with Crippen molar-refractivity contribution < 1.29 is 33.3 Å². The molecule has 3 heterocycles. The number of nitrogens with one attached hydrogen (secondary N) is 1. The summed E-state index contributed by atoms with van der Waals surface area (Å²) >= 11 is 3.38. The number of ether oxygens (including phenoxy) is 4. The van der Waals surface area contributed by atoms with E-state index in [4.69, 9.17) is 24.7 Å². The summed E-state index contributed by atoms with van der Waals surface area (Å²) < 4.78 is 25.1. The van der Waals surface area contributed by atoms with Gasteiger partial charge in [-0.2, -0.15) is 4.98 Å². The molecule has 3 aromatic carbocycles. The number of fused-ring (bicyclic) bond motifs is 1. The highest BCUT2D eigenvalue weighted by Gasteiger charge is 2.52. The molecule has 45 heavy (non-hydrogen) atoms. The molecule has 5 aromatic rings. The molecule has 0 amide bonds. The second-order valence-electron chi connectivity index (χ2n) is 9.89. The summed E-state index contributed by atoms with van der Waals surface area (Å²) in [5.74, 6) is -2.29. The number of nitrogen functional groups attached to an aromatic ring is 1. The van der Waals surface area contributed by atoms with E-state index in [1.807, 2.05) is 0 Å². The Morgan fingerprint density at radius 1 is 0.822 bits per heavy atom. The van der Waals surface area contributed by atoms with Crippen molar-refractivity contribution in [2.75, 3.05) is 12.3 Å². The van der Waals surface area contributed by atoms with E-state index in [1.54, 1.807) is 91.0 Å². The number of benzene rings is 3. The van der Waals surface area contributed by atoms with Crippen LogP contribution in [0.4, 0.5) is 5.95 Å². The first-order valence-electron chi connectivity index (χ1n) is 13.6. The van der Waals surface area contributed by atoms with Gasteiger partial charge in [0.25, 0.3) is 5.56 Å². The Balaban J connectivity index is 1.40. The van der Waals surface area contributed by atoms with Crippen LogP contribution in [0.2, 0.25) is 0 Å². The van der Waals surface area contributed by atoms with Gasteiger partial charge < -0.3 is 24.7 Å². The molecular weight excluding hydrogens is 650 g/mol. The Labute approximate surface area is 263 Å². The summed E-state index contributed by atoms with van der Waals surface area (Å²) in [5.41, 5.74) is 5.88. The van der Waals surface area contributed by atoms with Crippen molar-refractivity contribution in [1.29, 1.82) is 0 Å². The van der Waals surface area contributed by atoms with Crippen molar-refractivity contribution >= 4 is 50.8 Å². The maximum atomic E-state index is 13.4. The fraction of sp³-hybridized carbons (Fsp3) is 0.161. The molecular formula is C31H24BrN5O8. The number of nitrogens with zero attached hydrogens (tertiary/aromatic N) is 3. The lowest BCUT2D eigenvalue weighted by Gasteiger charge is -2.24. The molecule has 2 aromatic heterocycles. The van der Waals surface area contributed by atoms with E-state index in [2.05, 4.69) is 31.0 Å². The van der Waals surface area contributed by atoms with E-state index in [-0.39, 0.29) is 39.3 Å². The van der Waals surface area contributed by atoms with Crippen molar-refractivity contribution in [3.63, 3.8) is 0 Å². The van der Waals surface area contributed by atoms with Crippen molar-refractivity contribution in [2.45, 2.75) is 24.5 Å². The molecule has 3 N–H and O–H groups in total. The third-order valence-corrected chi connectivity index (χ3v) is 7.71. The maximum Gasteiger partial charge on any atom is 0.338 e. The van der Waals surface area contributed by atoms with Crippen molar-refractivity contribution in [2.24, 2.45) is 0 Å². The van der Waals surface area contributed by atoms with E-state index in [9.17, 15) is 19.2 Å². The molecule has 0 aliphatic carbocycles. The number of halogens is 1. The van der Waals surface area contributed by atoms with Crippen molar-refractivity contribution in [1.82, 2.24) is 19.7 Å². The highest BCUT2D eigenvalue weighted by molar-refractivity contribution is 9.10. The van der Waals surface area contributed by atoms with E-state index in [1.165, 1.54) is 4.68 Å². The first kappa shape index (κ1) is 29.7. The van der Waals surface area contributed by atoms with Gasteiger partial charge in [0.1, 0.15) is 22.7 Å². The number of rotatable bonds is 8. The second kappa shape index (κ2) is 12.7. The second-order valence-corrected chi connectivity index (χ2v) is 10.6. The molecule has 0 radical (unpaired) electrons. The fourth-order valence-electron chi connectivity index (χ4n) is 4.82. The molecule has 1 saturated heterocycles. The minimum atomic E-state index is -1.34. The molecule has 1 aliphatic heterocycles. The van der Waals surface area contributed by atoms with E-state index < -0.39 is 48.0 Å². The van der Waals surface area contributed by atoms with E-state index in [0.29, 0.717) is 5.56 Å². The van der Waals surface area contributed by atoms with E-state index in [0.717, 1.165) is 0 Å². The largest absolute Gasteiger partial charge is 0.459 e. The Morgan fingerprint density at radius 3 is 1.89 bits per heavy atom. The molecule has 6 rings (SSSR count). The zero-order valence-electron chi connectivity index (χ0n) is 23.2. The van der Waals surface area contributed by atoms with Gasteiger partial charge in [-0.15, -0.1) is 5.10 Å². The minimum Gasteiger partial charge on any atom is -0.459 e. The Kier molecular flexibility index (Phi) is 8.40. The topological polar surface area (TPSA) is 178 Å². The van der Waals surface area contributed by atoms with Gasteiger partial charge in [0.05, 0.1) is 16.7 Å². The van der Waals surface area contributed by atoms with Crippen molar-refractivity contribution in [3.8, 4) is 0 Å². The highest BCUT2D eigenvalue weighted by atomic mass is 79.9. The predicted octanol–water partition coefficient (Wildman–Crippen LogP) is 3.67. The molecule has 1 fully saturated rings. The highest BCUT2D eigenvalue weighted by Crippen LogP contribution is 2.38. The van der Waals surface area contributed by atoms with Gasteiger partial charge in [-0.1, -0.05) is 54.6 Å². The van der Waals surface area contributed by atoms with Crippen LogP contribution in [0.25, 0.3) is 11.0 Å². The lowest BCUT2D eigenvalue weighted by molar-refractivity contribution is -0.0678. The number of esters is 3. The first-order valence-corrected chi connectivity index (χ1v) is 14.4. The molecule has 14 heteroatoms. The zero-order valence-corrected chi connectivity index (χ0v) is 24.8. The third kappa shape index (κ3) is 6.18. The summed E-state index contributed by atoms with van der Waals surface area (Å²) in [6, 6.07) is 24.7. The quantitative estimate of drug-likeness (QED) is 0.181. The van der Waals surface area contributed by atoms with Crippen LogP contribution in [0.3, 0.4) is 0 Å². The number of carbonyl (C=O) groups is 3. The average molecular weight is 674 g/mol. The molecule has 228 valence electrons. The summed E-state index contributed by atoms with van der Waals surface area (Å²) in [4.78, 5) is 58.7. The molecule has 0 spiro atoms.